The van der Waals surface area contributed by atoms with E-state index >= 15 is 0 Å². The minimum atomic E-state index is -0.797. The third kappa shape index (κ3) is 4.86. The highest BCUT2D eigenvalue weighted by molar-refractivity contribution is 5.84. The van der Waals surface area contributed by atoms with Gasteiger partial charge >= 0.3 is 0 Å². The normalized spacial score (nSPS) is 15.6. The number of fused-ring (bicyclic) bond motifs is 1. The highest BCUT2D eigenvalue weighted by Crippen LogP contribution is 2.39. The predicted molar refractivity (Wildman–Crippen MR) is 160 cm³/mol. The number of hydrogen-bond donors (Lipinski definition) is 4. The number of hydrogen-bond acceptors (Lipinski definition) is 7. The van der Waals surface area contributed by atoms with E-state index in [0.29, 0.717) is 17.3 Å². The van der Waals surface area contributed by atoms with Gasteiger partial charge < -0.3 is 16.6 Å². The summed E-state index contributed by atoms with van der Waals surface area (Å²) in [6, 6.07) is 23.9. The Labute approximate surface area is 234 Å². The summed E-state index contributed by atoms with van der Waals surface area (Å²) < 4.78 is 2.03. The maximum atomic E-state index is 10.8. The number of aliphatic hydroxyl groups is 1. The van der Waals surface area contributed by atoms with E-state index in [9.17, 15) is 5.11 Å². The Morgan fingerprint density at radius 2 is 1.75 bits per heavy atom. The van der Waals surface area contributed by atoms with Crippen molar-refractivity contribution in [1.29, 1.82) is 0 Å². The summed E-state index contributed by atoms with van der Waals surface area (Å²) in [6.07, 6.45) is 4.04. The van der Waals surface area contributed by atoms with Crippen molar-refractivity contribution in [1.82, 2.24) is 24.8 Å². The fourth-order valence-corrected chi connectivity index (χ4v) is 5.30. The topological polar surface area (TPSA) is 128 Å². The molecule has 0 amide bonds. The van der Waals surface area contributed by atoms with E-state index < -0.39 is 6.23 Å². The molecule has 5 aromatic rings. The SMILES string of the molecule is CC(C)(C)NC(O)c1cccc(-c2ccc3nc(-c4cccnc4N)n(-c4ccc(C5(N)CCC5)cc4)c3n2)c1. The summed E-state index contributed by atoms with van der Waals surface area (Å²) in [6.45, 7) is 6.07. The number of rotatable bonds is 6. The molecule has 0 spiro atoms. The van der Waals surface area contributed by atoms with Gasteiger partial charge in [-0.2, -0.15) is 0 Å². The number of anilines is 1. The Morgan fingerprint density at radius 1 is 0.975 bits per heavy atom. The number of aromatic nitrogens is 4. The second kappa shape index (κ2) is 9.82. The van der Waals surface area contributed by atoms with Crippen molar-refractivity contribution in [3.8, 4) is 28.3 Å². The average molecular weight is 534 g/mol. The molecule has 1 fully saturated rings. The first kappa shape index (κ1) is 26.1. The summed E-state index contributed by atoms with van der Waals surface area (Å²) in [5.41, 5.74) is 19.1. The zero-order valence-electron chi connectivity index (χ0n) is 23.1. The molecule has 8 heteroatoms. The summed E-state index contributed by atoms with van der Waals surface area (Å²) >= 11 is 0. The van der Waals surface area contributed by atoms with E-state index in [2.05, 4.69) is 34.6 Å². The molecule has 0 radical (unpaired) electrons. The molecule has 1 aliphatic carbocycles. The second-order valence-corrected chi connectivity index (χ2v) is 11.7. The molecule has 6 rings (SSSR count). The molecule has 0 bridgehead atoms. The van der Waals surface area contributed by atoms with Crippen LogP contribution < -0.4 is 16.8 Å². The van der Waals surface area contributed by atoms with Crippen molar-refractivity contribution in [3.05, 3.63) is 90.1 Å². The standard InChI is InChI=1S/C32H35N7O/c1-31(2,3)38-30(40)21-8-4-7-20(19-21)25-14-15-26-29(36-25)39(28(37-26)24-9-5-18-35-27(24)33)23-12-10-22(11-13-23)32(34)16-6-17-32/h4-5,7-15,18-19,30,38,40H,6,16-17,34H2,1-3H3,(H2,33,35). The molecule has 1 unspecified atom stereocenters. The number of pyridine rings is 2. The Balaban J connectivity index is 1.48. The van der Waals surface area contributed by atoms with Crippen LogP contribution in [-0.2, 0) is 5.54 Å². The van der Waals surface area contributed by atoms with Gasteiger partial charge in [0.05, 0.1) is 11.3 Å². The van der Waals surface area contributed by atoms with Crippen LogP contribution in [0, 0.1) is 0 Å². The molecule has 6 N–H and O–H groups in total. The van der Waals surface area contributed by atoms with Gasteiger partial charge in [0.1, 0.15) is 17.6 Å². The van der Waals surface area contributed by atoms with Gasteiger partial charge in [-0.25, -0.2) is 15.0 Å². The van der Waals surface area contributed by atoms with E-state index in [1.165, 1.54) is 0 Å². The Hall–Kier alpha value is -4.11. The van der Waals surface area contributed by atoms with E-state index in [4.69, 9.17) is 21.4 Å². The van der Waals surface area contributed by atoms with Gasteiger partial charge in [-0.3, -0.25) is 9.88 Å². The van der Waals surface area contributed by atoms with Crippen LogP contribution in [0.3, 0.4) is 0 Å². The van der Waals surface area contributed by atoms with E-state index in [1.807, 2.05) is 73.9 Å². The number of benzene rings is 2. The lowest BCUT2D eigenvalue weighted by Gasteiger charge is -2.38. The summed E-state index contributed by atoms with van der Waals surface area (Å²) in [5.74, 6) is 1.07. The van der Waals surface area contributed by atoms with Crippen LogP contribution >= 0.6 is 0 Å². The highest BCUT2D eigenvalue weighted by Gasteiger charge is 2.34. The van der Waals surface area contributed by atoms with Crippen LogP contribution in [0.25, 0.3) is 39.5 Å². The molecular weight excluding hydrogens is 498 g/mol. The molecule has 1 atom stereocenters. The van der Waals surface area contributed by atoms with E-state index in [1.54, 1.807) is 6.20 Å². The Bertz CT molecular complexity index is 1680. The van der Waals surface area contributed by atoms with Gasteiger partial charge in [-0.15, -0.1) is 0 Å². The first-order chi connectivity index (χ1) is 19.1. The third-order valence-electron chi connectivity index (χ3n) is 7.60. The van der Waals surface area contributed by atoms with Crippen LogP contribution in [0.5, 0.6) is 0 Å². The zero-order chi connectivity index (χ0) is 28.1. The zero-order valence-corrected chi connectivity index (χ0v) is 23.1. The van der Waals surface area contributed by atoms with Crippen molar-refractivity contribution in [2.75, 3.05) is 5.73 Å². The Kier molecular flexibility index (Phi) is 6.41. The number of nitrogens with zero attached hydrogens (tertiary/aromatic N) is 4. The summed E-state index contributed by atoms with van der Waals surface area (Å²) in [7, 11) is 0. The van der Waals surface area contributed by atoms with Crippen molar-refractivity contribution < 1.29 is 5.11 Å². The second-order valence-electron chi connectivity index (χ2n) is 11.7. The fourth-order valence-electron chi connectivity index (χ4n) is 5.30. The molecule has 204 valence electrons. The first-order valence-electron chi connectivity index (χ1n) is 13.7. The first-order valence-corrected chi connectivity index (χ1v) is 13.7. The molecular formula is C32H35N7O. The minimum Gasteiger partial charge on any atom is -0.383 e. The average Bonchev–Trinajstić information content (AvgIpc) is 3.30. The van der Waals surface area contributed by atoms with E-state index in [0.717, 1.165) is 58.4 Å². The lowest BCUT2D eigenvalue weighted by molar-refractivity contribution is 0.107. The molecule has 0 saturated heterocycles. The third-order valence-corrected chi connectivity index (χ3v) is 7.60. The van der Waals surface area contributed by atoms with Gasteiger partial charge in [0.15, 0.2) is 11.5 Å². The lowest BCUT2D eigenvalue weighted by atomic mass is 9.73. The molecule has 8 nitrogen and oxygen atoms in total. The van der Waals surface area contributed by atoms with Crippen LogP contribution in [0.15, 0.2) is 79.0 Å². The van der Waals surface area contributed by atoms with Crippen molar-refractivity contribution in [3.63, 3.8) is 0 Å². The minimum absolute atomic E-state index is 0.235. The number of aliphatic hydroxyl groups excluding tert-OH is 1. The van der Waals surface area contributed by atoms with Crippen LogP contribution in [0.1, 0.15) is 57.4 Å². The fraction of sp³-hybridized carbons (Fsp3) is 0.281. The monoisotopic (exact) mass is 533 g/mol. The number of nitrogens with two attached hydrogens (primary N) is 2. The summed E-state index contributed by atoms with van der Waals surface area (Å²) in [5, 5.41) is 14.0. The maximum absolute atomic E-state index is 10.8. The van der Waals surface area contributed by atoms with Gasteiger partial charge in [-0.1, -0.05) is 30.3 Å². The van der Waals surface area contributed by atoms with Gasteiger partial charge in [0, 0.05) is 28.5 Å². The van der Waals surface area contributed by atoms with Crippen LogP contribution in [0.2, 0.25) is 0 Å². The molecule has 40 heavy (non-hydrogen) atoms. The molecule has 1 aliphatic rings. The maximum Gasteiger partial charge on any atom is 0.165 e. The van der Waals surface area contributed by atoms with Gasteiger partial charge in [0.25, 0.3) is 0 Å². The van der Waals surface area contributed by atoms with Gasteiger partial charge in [0.2, 0.25) is 0 Å². The van der Waals surface area contributed by atoms with Crippen molar-refractivity contribution >= 4 is 17.0 Å². The highest BCUT2D eigenvalue weighted by atomic mass is 16.3. The van der Waals surface area contributed by atoms with E-state index in [-0.39, 0.29) is 11.1 Å². The molecule has 3 heterocycles. The largest absolute Gasteiger partial charge is 0.383 e. The predicted octanol–water partition coefficient (Wildman–Crippen LogP) is 5.45. The number of nitrogen functional groups attached to an aromatic ring is 1. The van der Waals surface area contributed by atoms with Crippen LogP contribution in [-0.4, -0.2) is 30.2 Å². The van der Waals surface area contributed by atoms with Crippen molar-refractivity contribution in [2.24, 2.45) is 5.73 Å². The number of nitrogens with one attached hydrogen (secondary N) is 1. The smallest absolute Gasteiger partial charge is 0.165 e. The summed E-state index contributed by atoms with van der Waals surface area (Å²) in [4.78, 5) is 14.3. The van der Waals surface area contributed by atoms with Crippen molar-refractivity contribution in [2.45, 2.75) is 57.3 Å². The van der Waals surface area contributed by atoms with Crippen LogP contribution in [0.4, 0.5) is 5.82 Å². The quantitative estimate of drug-likeness (QED) is 0.214. The number of imidazole rings is 1. The van der Waals surface area contributed by atoms with Gasteiger partial charge in [-0.05, 0) is 93.6 Å². The molecule has 0 aliphatic heterocycles. The molecule has 2 aromatic carbocycles. The Morgan fingerprint density at radius 3 is 2.42 bits per heavy atom. The molecule has 1 saturated carbocycles. The lowest BCUT2D eigenvalue weighted by Crippen LogP contribution is -2.43. The molecule has 3 aromatic heterocycles.